The Bertz CT molecular complexity index is 1820. The van der Waals surface area contributed by atoms with E-state index in [9.17, 15) is 0 Å². The summed E-state index contributed by atoms with van der Waals surface area (Å²) in [7, 11) is 0. The van der Waals surface area contributed by atoms with Crippen LogP contribution in [0.5, 0.6) is 0 Å². The second-order valence-corrected chi connectivity index (χ2v) is 92.6. The molecule has 0 spiro atoms. The fourth-order valence-corrected chi connectivity index (χ4v) is 50.3. The van der Waals surface area contributed by atoms with Gasteiger partial charge in [-0.3, -0.25) is 0 Å². The molecule has 0 heterocycles. The van der Waals surface area contributed by atoms with Crippen LogP contribution in [0.25, 0.3) is 34.4 Å². The second kappa shape index (κ2) is 8.76. The molecule has 0 fully saturated rings. The Morgan fingerprint density at radius 1 is 0.524 bits per heavy atom. The normalized spacial score (nSPS) is 20.2. The molecule has 2 aliphatic carbocycles. The number of hydrogen-bond acceptors (Lipinski definition) is 0. The zero-order valence-electron chi connectivity index (χ0n) is 26.9. The van der Waals surface area contributed by atoms with Crippen LogP contribution in [0, 0.1) is 13.8 Å². The Labute approximate surface area is 250 Å². The maximum absolute atomic E-state index is 5.18. The Morgan fingerprint density at radius 3 is 1.24 bits per heavy atom. The van der Waals surface area contributed by atoms with E-state index in [2.05, 4.69) is 167 Å². The van der Waals surface area contributed by atoms with Gasteiger partial charge >= 0.3 is 252 Å². The Hall–Kier alpha value is -2.55. The first-order valence-electron chi connectivity index (χ1n) is 15.9. The van der Waals surface area contributed by atoms with E-state index < -0.39 is 14.2 Å². The van der Waals surface area contributed by atoms with Crippen LogP contribution in [0.15, 0.2) is 97.1 Å². The van der Waals surface area contributed by atoms with Crippen LogP contribution in [0.4, 0.5) is 0 Å². The molecule has 0 aliphatic heterocycles. The van der Waals surface area contributed by atoms with E-state index >= 15 is 0 Å². The van der Waals surface area contributed by atoms with Gasteiger partial charge in [-0.05, 0) is 0 Å². The van der Waals surface area contributed by atoms with Crippen molar-refractivity contribution in [3.63, 3.8) is 0 Å². The van der Waals surface area contributed by atoms with Crippen LogP contribution in [0.1, 0.15) is 68.4 Å². The molecule has 0 saturated heterocycles. The Morgan fingerprint density at radius 2 is 0.881 bits per heavy atom. The van der Waals surface area contributed by atoms with Crippen molar-refractivity contribution in [2.75, 3.05) is 0 Å². The van der Waals surface area contributed by atoms with Gasteiger partial charge in [0.15, 0.2) is 0 Å². The van der Waals surface area contributed by atoms with Gasteiger partial charge in [0.25, 0.3) is 0 Å². The molecule has 216 valence electrons. The summed E-state index contributed by atoms with van der Waals surface area (Å²) in [5, 5.41) is 0. The third-order valence-corrected chi connectivity index (χ3v) is 95.5. The molecule has 2 heteroatoms. The van der Waals surface area contributed by atoms with E-state index in [1.807, 2.05) is 0 Å². The van der Waals surface area contributed by atoms with Crippen LogP contribution in [-0.4, -0.2) is 6.94 Å². The monoisotopic (exact) mass is 736 g/mol. The van der Waals surface area contributed by atoms with Gasteiger partial charge in [-0.15, -0.1) is 0 Å². The molecule has 4 aromatic carbocycles. The minimum atomic E-state index is -5.18. The van der Waals surface area contributed by atoms with Crippen LogP contribution in [-0.2, 0) is 14.2 Å². The molecule has 0 N–H and O–H groups in total. The summed E-state index contributed by atoms with van der Waals surface area (Å²) in [4.78, 5) is 0. The molecular formula is C40H48HfSi. The van der Waals surface area contributed by atoms with E-state index in [-0.39, 0.29) is 0 Å². The van der Waals surface area contributed by atoms with Gasteiger partial charge in [-0.1, -0.05) is 0 Å². The van der Waals surface area contributed by atoms with Crippen LogP contribution in [0.3, 0.4) is 0 Å². The molecule has 2 unspecified atom stereocenters. The van der Waals surface area contributed by atoms with Gasteiger partial charge in [0.2, 0.25) is 0 Å². The van der Waals surface area contributed by atoms with Crippen LogP contribution < -0.4 is 0 Å². The van der Waals surface area contributed by atoms with Crippen molar-refractivity contribution in [3.8, 4) is 22.3 Å². The molecule has 4 aromatic rings. The Kier molecular flexibility index (Phi) is 6.16. The summed E-state index contributed by atoms with van der Waals surface area (Å²) >= 11 is -5.18. The van der Waals surface area contributed by atoms with Gasteiger partial charge in [0.1, 0.15) is 0 Å². The summed E-state index contributed by atoms with van der Waals surface area (Å²) in [5.74, 6) is 0. The fraction of sp³-hybridized carbons (Fsp3) is 0.300. The number of allylic oxidation sites excluding steroid dienone is 2. The van der Waals surface area contributed by atoms with E-state index in [1.165, 1.54) is 44.5 Å². The first kappa shape index (κ1) is 29.5. The SMILES string of the molecule is Cc1ccccc1-c1cccc2c1C=C[CH]2[Hf]([CH3])([CH3])(=[SiH2])([CH](C)C)([CH](C)C)[CH]1C=Cc2c(-c3ccccc3C)cccc21. The standard InChI is InChI=1S/2C16H13.2C3H7.2CH3.Hf.H2Si/c2*1-12-6-2-3-9-14(12)16-11-5-8-13-7-4-10-15(13)16;2*1-3-2;;;;/h2*2-11H,1H3;2*3H,1-2H3;2*1H3;;1H2. The van der Waals surface area contributed by atoms with Gasteiger partial charge in [-0.25, -0.2) is 0 Å². The molecule has 2 atom stereocenters. The number of hydrogen-bond donors (Lipinski definition) is 0. The second-order valence-electron chi connectivity index (χ2n) is 16.6. The predicted octanol–water partition coefficient (Wildman–Crippen LogP) is 11.5. The molecule has 0 nitrogen and oxygen atoms in total. The van der Waals surface area contributed by atoms with Crippen molar-refractivity contribution in [1.82, 2.24) is 0 Å². The zero-order chi connectivity index (χ0) is 30.2. The third kappa shape index (κ3) is 3.37. The number of aryl methyl sites for hydroxylation is 2. The van der Waals surface area contributed by atoms with E-state index in [0.717, 1.165) is 0 Å². The molecule has 0 saturated carbocycles. The molecule has 0 aromatic heterocycles. The quantitative estimate of drug-likeness (QED) is 0.173. The number of benzene rings is 4. The van der Waals surface area contributed by atoms with Gasteiger partial charge in [-0.2, -0.15) is 0 Å². The summed E-state index contributed by atoms with van der Waals surface area (Å²) < 4.78 is 7.61. The topological polar surface area (TPSA) is 0 Å². The van der Waals surface area contributed by atoms with Crippen LogP contribution >= 0.6 is 0 Å². The van der Waals surface area contributed by atoms with Gasteiger partial charge < -0.3 is 0 Å². The van der Waals surface area contributed by atoms with Crippen molar-refractivity contribution < 1.29 is 14.2 Å². The van der Waals surface area contributed by atoms with Gasteiger partial charge in [0, 0.05) is 0 Å². The van der Waals surface area contributed by atoms with Crippen LogP contribution in [0.2, 0.25) is 16.7 Å². The molecule has 2 aliphatic rings. The van der Waals surface area contributed by atoms with Crippen molar-refractivity contribution in [1.29, 1.82) is 0 Å². The first-order valence-corrected chi connectivity index (χ1v) is 39.8. The predicted molar refractivity (Wildman–Crippen MR) is 187 cm³/mol. The molecule has 6 rings (SSSR count). The molecule has 0 bridgehead atoms. The fourth-order valence-electron chi connectivity index (χ4n) is 9.42. The third-order valence-electron chi connectivity index (χ3n) is 14.6. The van der Waals surface area contributed by atoms with E-state index in [0.29, 0.717) is 14.7 Å². The average Bonchev–Trinajstić information content (AvgIpc) is 3.61. The minimum absolute atomic E-state index is 0.398. The average molecular weight is 735 g/mol. The summed E-state index contributed by atoms with van der Waals surface area (Å²) in [5.41, 5.74) is 14.1. The number of rotatable bonds is 6. The van der Waals surface area contributed by atoms with Gasteiger partial charge in [0.05, 0.1) is 0 Å². The molecule has 0 amide bonds. The van der Waals surface area contributed by atoms with Crippen molar-refractivity contribution in [2.24, 2.45) is 0 Å². The van der Waals surface area contributed by atoms with Crippen molar-refractivity contribution >= 4 is 19.1 Å². The summed E-state index contributed by atoms with van der Waals surface area (Å²) in [6, 6.07) is 32.0. The zero-order valence-corrected chi connectivity index (χ0v) is 31.9. The first-order chi connectivity index (χ1) is 19.7. The molecule has 0 radical (unpaired) electrons. The summed E-state index contributed by atoms with van der Waals surface area (Å²) in [6.45, 7) is 17.3. The molecular weight excluding hydrogens is 687 g/mol. The van der Waals surface area contributed by atoms with E-state index in [1.54, 1.807) is 11.1 Å². The van der Waals surface area contributed by atoms with E-state index in [4.69, 9.17) is 0 Å². The maximum atomic E-state index is 2.87. The Balaban J connectivity index is 1.66. The number of fused-ring (bicyclic) bond motifs is 2. The van der Waals surface area contributed by atoms with Crippen molar-refractivity contribution in [2.45, 2.75) is 65.6 Å². The summed E-state index contributed by atoms with van der Waals surface area (Å²) in [6.07, 6.45) is 10.3. The molecule has 42 heavy (non-hydrogen) atoms. The van der Waals surface area contributed by atoms with Crippen molar-refractivity contribution in [3.05, 3.63) is 130 Å².